The molecule has 0 aromatic heterocycles. The summed E-state index contributed by atoms with van der Waals surface area (Å²) in [6.07, 6.45) is 6.65. The van der Waals surface area contributed by atoms with Crippen LogP contribution >= 0.6 is 0 Å². The molecule has 1 saturated heterocycles. The second kappa shape index (κ2) is 13.4. The van der Waals surface area contributed by atoms with Crippen molar-refractivity contribution >= 4 is 5.97 Å². The summed E-state index contributed by atoms with van der Waals surface area (Å²) in [6, 6.07) is 19.6. The maximum absolute atomic E-state index is 12.4. The van der Waals surface area contributed by atoms with Gasteiger partial charge in [-0.3, -0.25) is 4.79 Å². The zero-order valence-corrected chi connectivity index (χ0v) is 22.5. The third kappa shape index (κ3) is 6.37. The number of benzene rings is 2. The van der Waals surface area contributed by atoms with E-state index in [4.69, 9.17) is 21.3 Å². The van der Waals surface area contributed by atoms with Crippen molar-refractivity contribution in [2.24, 2.45) is 11.8 Å². The van der Waals surface area contributed by atoms with Crippen LogP contribution in [-0.4, -0.2) is 43.2 Å². The zero-order chi connectivity index (χ0) is 26.8. The minimum Gasteiger partial charge on any atom is -0.494 e. The third-order valence-corrected chi connectivity index (χ3v) is 8.26. The molecule has 0 N–H and O–H groups in total. The summed E-state index contributed by atoms with van der Waals surface area (Å²) in [7, 11) is 0. The van der Waals surface area contributed by atoms with Crippen molar-refractivity contribution < 1.29 is 14.3 Å². The third-order valence-electron chi connectivity index (χ3n) is 8.26. The number of carbonyl (C=O) groups is 1. The van der Waals surface area contributed by atoms with Gasteiger partial charge in [-0.2, -0.15) is 5.26 Å². The van der Waals surface area contributed by atoms with Crippen LogP contribution in [0.2, 0.25) is 0 Å². The first-order valence-electron chi connectivity index (χ1n) is 14.1. The lowest BCUT2D eigenvalue weighted by molar-refractivity contribution is -0.152. The number of esters is 1. The van der Waals surface area contributed by atoms with Gasteiger partial charge in [0.25, 0.3) is 5.54 Å². The van der Waals surface area contributed by atoms with Crippen molar-refractivity contribution in [2.45, 2.75) is 69.9 Å². The standard InChI is InChI=1S/C32H39N3O3/c1-3-9-31(36)38-30-13-7-12-29(30)32(34-2,26-10-5-4-6-11-26)27-18-21-35(22-19-27)20-8-23-37-28-16-14-25(24-33)15-17-28/h4-6,10-11,14-17,27,29-30H,3,7-9,12-13,18-23H2,1H3/t29-,30-,32-/m0/s1. The Morgan fingerprint density at radius 3 is 2.50 bits per heavy atom. The molecule has 1 aliphatic heterocycles. The van der Waals surface area contributed by atoms with Crippen molar-refractivity contribution in [2.75, 3.05) is 26.2 Å². The number of ether oxygens (including phenoxy) is 2. The Balaban J connectivity index is 1.39. The molecule has 4 rings (SSSR count). The van der Waals surface area contributed by atoms with Crippen molar-refractivity contribution in [1.29, 1.82) is 5.26 Å². The number of hydrogen-bond acceptors (Lipinski definition) is 5. The van der Waals surface area contributed by atoms with Crippen molar-refractivity contribution in [3.63, 3.8) is 0 Å². The Morgan fingerprint density at radius 2 is 1.84 bits per heavy atom. The fourth-order valence-corrected chi connectivity index (χ4v) is 6.40. The van der Waals surface area contributed by atoms with Gasteiger partial charge in [0.15, 0.2) is 0 Å². The molecule has 6 heteroatoms. The molecule has 200 valence electrons. The Bertz CT molecular complexity index is 1110. The minimum atomic E-state index is -0.667. The number of rotatable bonds is 11. The second-order valence-corrected chi connectivity index (χ2v) is 10.6. The van der Waals surface area contributed by atoms with E-state index in [1.54, 1.807) is 12.1 Å². The molecule has 1 aliphatic carbocycles. The highest BCUT2D eigenvalue weighted by atomic mass is 16.5. The molecule has 2 aliphatic rings. The summed E-state index contributed by atoms with van der Waals surface area (Å²) in [5.74, 6) is 0.914. The molecule has 1 saturated carbocycles. The van der Waals surface area contributed by atoms with E-state index in [9.17, 15) is 4.79 Å². The topological polar surface area (TPSA) is 66.9 Å². The predicted molar refractivity (Wildman–Crippen MR) is 147 cm³/mol. The lowest BCUT2D eigenvalue weighted by Gasteiger charge is -2.41. The molecule has 0 amide bonds. The van der Waals surface area contributed by atoms with E-state index in [1.807, 2.05) is 37.3 Å². The van der Waals surface area contributed by atoms with Crippen molar-refractivity contribution in [3.05, 3.63) is 77.1 Å². The van der Waals surface area contributed by atoms with Gasteiger partial charge in [-0.15, -0.1) is 0 Å². The van der Waals surface area contributed by atoms with E-state index in [-0.39, 0.29) is 23.9 Å². The molecule has 0 unspecified atom stereocenters. The highest BCUT2D eigenvalue weighted by molar-refractivity contribution is 5.69. The smallest absolute Gasteiger partial charge is 0.306 e. The highest BCUT2D eigenvalue weighted by Gasteiger charge is 2.58. The van der Waals surface area contributed by atoms with E-state index >= 15 is 0 Å². The van der Waals surface area contributed by atoms with E-state index in [2.05, 4.69) is 27.9 Å². The summed E-state index contributed by atoms with van der Waals surface area (Å²) in [5, 5.41) is 8.93. The van der Waals surface area contributed by atoms with Gasteiger partial charge in [-0.25, -0.2) is 6.57 Å². The van der Waals surface area contributed by atoms with E-state index < -0.39 is 5.54 Å². The van der Waals surface area contributed by atoms with Crippen molar-refractivity contribution in [1.82, 2.24) is 4.90 Å². The molecule has 1 heterocycles. The fraction of sp³-hybridized carbons (Fsp3) is 0.531. The predicted octanol–water partition coefficient (Wildman–Crippen LogP) is 6.37. The molecule has 2 aromatic carbocycles. The summed E-state index contributed by atoms with van der Waals surface area (Å²) in [5.41, 5.74) is 1.04. The Kier molecular flexibility index (Phi) is 9.79. The van der Waals surface area contributed by atoms with Crippen LogP contribution < -0.4 is 4.74 Å². The van der Waals surface area contributed by atoms with Gasteiger partial charge >= 0.3 is 5.97 Å². The molecule has 6 nitrogen and oxygen atoms in total. The quantitative estimate of drug-likeness (QED) is 0.199. The van der Waals surface area contributed by atoms with Crippen LogP contribution in [0.4, 0.5) is 0 Å². The van der Waals surface area contributed by atoms with Gasteiger partial charge in [0, 0.05) is 24.4 Å². The molecule has 0 radical (unpaired) electrons. The lowest BCUT2D eigenvalue weighted by Crippen LogP contribution is -2.48. The number of nitriles is 1. The van der Waals surface area contributed by atoms with E-state index in [0.717, 1.165) is 75.9 Å². The Labute approximate surface area is 227 Å². The molecule has 0 bridgehead atoms. The van der Waals surface area contributed by atoms with E-state index in [0.29, 0.717) is 18.6 Å². The molecule has 38 heavy (non-hydrogen) atoms. The van der Waals surface area contributed by atoms with Crippen molar-refractivity contribution in [3.8, 4) is 11.8 Å². The molecule has 2 aromatic rings. The lowest BCUT2D eigenvalue weighted by atomic mass is 9.65. The first-order valence-corrected chi connectivity index (χ1v) is 14.1. The minimum absolute atomic E-state index is 0.0283. The molecule has 2 fully saturated rings. The first kappa shape index (κ1) is 27.7. The number of carbonyl (C=O) groups excluding carboxylic acids is 1. The highest BCUT2D eigenvalue weighted by Crippen LogP contribution is 2.52. The van der Waals surface area contributed by atoms with Gasteiger partial charge in [0.05, 0.1) is 24.2 Å². The largest absolute Gasteiger partial charge is 0.494 e. The number of likely N-dealkylation sites (tertiary alicyclic amines) is 1. The monoisotopic (exact) mass is 513 g/mol. The summed E-state index contributed by atoms with van der Waals surface area (Å²) >= 11 is 0. The van der Waals surface area contributed by atoms with Gasteiger partial charge in [0.2, 0.25) is 0 Å². The average Bonchev–Trinajstić information content (AvgIpc) is 3.42. The Morgan fingerprint density at radius 1 is 1.11 bits per heavy atom. The van der Waals surface area contributed by atoms with Crippen LogP contribution in [0.3, 0.4) is 0 Å². The van der Waals surface area contributed by atoms with Crippen LogP contribution in [0.5, 0.6) is 5.75 Å². The second-order valence-electron chi connectivity index (χ2n) is 10.6. The van der Waals surface area contributed by atoms with Gasteiger partial charge in [-0.05, 0) is 82.3 Å². The van der Waals surface area contributed by atoms with Crippen LogP contribution in [0.15, 0.2) is 54.6 Å². The zero-order valence-electron chi connectivity index (χ0n) is 22.5. The summed E-state index contributed by atoms with van der Waals surface area (Å²) in [4.78, 5) is 19.4. The van der Waals surface area contributed by atoms with Crippen LogP contribution in [-0.2, 0) is 15.1 Å². The summed E-state index contributed by atoms with van der Waals surface area (Å²) in [6.45, 7) is 14.0. The van der Waals surface area contributed by atoms with Crippen LogP contribution in [0, 0.1) is 29.7 Å². The van der Waals surface area contributed by atoms with Gasteiger partial charge in [-0.1, -0.05) is 37.3 Å². The van der Waals surface area contributed by atoms with Crippen LogP contribution in [0.25, 0.3) is 4.85 Å². The maximum Gasteiger partial charge on any atom is 0.306 e. The maximum atomic E-state index is 12.4. The van der Waals surface area contributed by atoms with E-state index in [1.165, 1.54) is 0 Å². The van der Waals surface area contributed by atoms with Gasteiger partial charge in [0.1, 0.15) is 11.9 Å². The Hall–Kier alpha value is -3.35. The molecular weight excluding hydrogens is 474 g/mol. The average molecular weight is 514 g/mol. The molecule has 0 spiro atoms. The van der Waals surface area contributed by atoms with Gasteiger partial charge < -0.3 is 19.2 Å². The normalized spacial score (nSPS) is 21.7. The number of piperidine rings is 1. The first-order chi connectivity index (χ1) is 18.6. The number of hydrogen-bond donors (Lipinski definition) is 0. The SMILES string of the molecule is [C-]#[N+][C@@](c1ccccc1)(C1CCN(CCCOc2ccc(C#N)cc2)CC1)[C@H]1CCC[C@@H]1OC(=O)CCC. The van der Waals surface area contributed by atoms with Crippen LogP contribution in [0.1, 0.15) is 69.4 Å². The fourth-order valence-electron chi connectivity index (χ4n) is 6.40. The molecular formula is C32H39N3O3. The molecule has 3 atom stereocenters. The number of nitrogens with zero attached hydrogens (tertiary/aromatic N) is 3. The summed E-state index contributed by atoms with van der Waals surface area (Å²) < 4.78 is 11.9.